The van der Waals surface area contributed by atoms with Crippen LogP contribution in [0.2, 0.25) is 0 Å². The summed E-state index contributed by atoms with van der Waals surface area (Å²) in [6.45, 7) is 0. The zero-order chi connectivity index (χ0) is 20.8. The number of allylic oxidation sites excluding steroid dienone is 1. The fraction of sp³-hybridized carbons (Fsp3) is 0.174. The van der Waals surface area contributed by atoms with Crippen molar-refractivity contribution >= 4 is 17.8 Å². The van der Waals surface area contributed by atoms with Crippen molar-refractivity contribution in [3.8, 4) is 17.2 Å². The highest BCUT2D eigenvalue weighted by Crippen LogP contribution is 2.48. The van der Waals surface area contributed by atoms with Crippen molar-refractivity contribution in [2.24, 2.45) is 7.05 Å². The molecule has 0 unspecified atom stereocenters. The van der Waals surface area contributed by atoms with Crippen LogP contribution >= 0.6 is 0 Å². The molecule has 5 rings (SSSR count). The van der Waals surface area contributed by atoms with E-state index < -0.39 is 0 Å². The molecule has 2 aliphatic rings. The van der Waals surface area contributed by atoms with E-state index in [0.29, 0.717) is 22.6 Å². The van der Waals surface area contributed by atoms with Crippen LogP contribution in [0.25, 0.3) is 6.08 Å². The molecule has 2 aliphatic heterocycles. The first kappa shape index (κ1) is 18.2. The molecule has 1 aromatic heterocycles. The maximum Gasteiger partial charge on any atom is 0.312 e. The molecular formula is C23H18N2O5. The van der Waals surface area contributed by atoms with Crippen molar-refractivity contribution in [2.75, 3.05) is 7.11 Å². The van der Waals surface area contributed by atoms with Gasteiger partial charge in [0.25, 0.3) is 0 Å². The van der Waals surface area contributed by atoms with Gasteiger partial charge in [-0.15, -0.1) is 0 Å². The molecule has 0 saturated carbocycles. The molecule has 0 aliphatic carbocycles. The van der Waals surface area contributed by atoms with Crippen molar-refractivity contribution in [1.29, 1.82) is 0 Å². The summed E-state index contributed by atoms with van der Waals surface area (Å²) in [5.41, 5.74) is 2.82. The molecular weight excluding hydrogens is 384 g/mol. The van der Waals surface area contributed by atoms with E-state index in [1.165, 1.54) is 0 Å². The van der Waals surface area contributed by atoms with Crippen LogP contribution in [0, 0.1) is 0 Å². The highest BCUT2D eigenvalue weighted by Gasteiger charge is 2.39. The summed E-state index contributed by atoms with van der Waals surface area (Å²) in [4.78, 5) is 25.2. The molecule has 3 heterocycles. The van der Waals surface area contributed by atoms with E-state index in [9.17, 15) is 9.59 Å². The Morgan fingerprint density at radius 2 is 1.90 bits per heavy atom. The lowest BCUT2D eigenvalue weighted by Gasteiger charge is -2.26. The van der Waals surface area contributed by atoms with E-state index in [-0.39, 0.29) is 29.9 Å². The number of carbonyl (C=O) groups excluding carboxylic acids is 2. The smallest absolute Gasteiger partial charge is 0.312 e. The van der Waals surface area contributed by atoms with E-state index in [2.05, 4.69) is 5.10 Å². The number of methoxy groups -OCH3 is 1. The van der Waals surface area contributed by atoms with Crippen molar-refractivity contribution < 1.29 is 23.8 Å². The molecule has 0 spiro atoms. The van der Waals surface area contributed by atoms with Gasteiger partial charge in [-0.2, -0.15) is 5.10 Å². The van der Waals surface area contributed by atoms with E-state index in [1.807, 2.05) is 37.4 Å². The van der Waals surface area contributed by atoms with Gasteiger partial charge in [-0.25, -0.2) is 0 Å². The lowest BCUT2D eigenvalue weighted by molar-refractivity contribution is -0.135. The monoisotopic (exact) mass is 402 g/mol. The van der Waals surface area contributed by atoms with Crippen molar-refractivity contribution in [2.45, 2.75) is 12.3 Å². The number of aromatic nitrogens is 2. The number of carbonyl (C=O) groups is 2. The second-order valence-electron chi connectivity index (χ2n) is 7.18. The van der Waals surface area contributed by atoms with Crippen LogP contribution in [0.4, 0.5) is 0 Å². The first-order chi connectivity index (χ1) is 14.5. The molecule has 2 aromatic carbocycles. The van der Waals surface area contributed by atoms with Crippen molar-refractivity contribution in [3.63, 3.8) is 0 Å². The second kappa shape index (κ2) is 6.88. The Labute approximate surface area is 172 Å². The zero-order valence-electron chi connectivity index (χ0n) is 16.4. The number of hydrogen-bond acceptors (Lipinski definition) is 6. The summed E-state index contributed by atoms with van der Waals surface area (Å²) in [6, 6.07) is 12.5. The Bertz CT molecular complexity index is 1210. The molecule has 7 nitrogen and oxygen atoms in total. The predicted molar refractivity (Wildman–Crippen MR) is 108 cm³/mol. The fourth-order valence-corrected chi connectivity index (χ4v) is 3.94. The summed E-state index contributed by atoms with van der Waals surface area (Å²) in [6.07, 6.45) is 3.53. The summed E-state index contributed by atoms with van der Waals surface area (Å²) < 4.78 is 18.4. The molecule has 0 fully saturated rings. The lowest BCUT2D eigenvalue weighted by Crippen LogP contribution is -2.23. The first-order valence-electron chi connectivity index (χ1n) is 9.49. The number of Topliss-reactive ketones (excluding diaryl/α,β-unsaturated/α-hetero) is 1. The van der Waals surface area contributed by atoms with Crippen LogP contribution in [0.15, 0.2) is 54.4 Å². The average Bonchev–Trinajstić information content (AvgIpc) is 3.31. The Morgan fingerprint density at radius 3 is 2.60 bits per heavy atom. The van der Waals surface area contributed by atoms with Gasteiger partial charge in [0, 0.05) is 30.4 Å². The van der Waals surface area contributed by atoms with E-state index in [4.69, 9.17) is 14.2 Å². The third kappa shape index (κ3) is 2.86. The number of ether oxygens (including phenoxy) is 3. The van der Waals surface area contributed by atoms with E-state index >= 15 is 0 Å². The molecule has 0 amide bonds. The Balaban J connectivity index is 1.59. The molecule has 1 atom stereocenters. The van der Waals surface area contributed by atoms with Crippen LogP contribution in [-0.4, -0.2) is 28.6 Å². The number of aryl methyl sites for hydroxylation is 1. The quantitative estimate of drug-likeness (QED) is 0.379. The highest BCUT2D eigenvalue weighted by molar-refractivity contribution is 6.15. The van der Waals surface area contributed by atoms with Gasteiger partial charge in [-0.05, 0) is 42.0 Å². The zero-order valence-corrected chi connectivity index (χ0v) is 16.4. The maximum absolute atomic E-state index is 13.0. The van der Waals surface area contributed by atoms with Gasteiger partial charge in [0.2, 0.25) is 5.78 Å². The fourth-order valence-electron chi connectivity index (χ4n) is 3.94. The maximum atomic E-state index is 13.0. The van der Waals surface area contributed by atoms with Crippen LogP contribution in [-0.2, 0) is 11.8 Å². The first-order valence-corrected chi connectivity index (χ1v) is 9.49. The van der Waals surface area contributed by atoms with Crippen molar-refractivity contribution in [1.82, 2.24) is 9.78 Å². The van der Waals surface area contributed by atoms with E-state index in [1.54, 1.807) is 36.2 Å². The van der Waals surface area contributed by atoms with Gasteiger partial charge in [-0.3, -0.25) is 14.3 Å². The highest BCUT2D eigenvalue weighted by atomic mass is 16.5. The number of nitrogens with zero attached hydrogens (tertiary/aromatic N) is 2. The number of hydrogen-bond donors (Lipinski definition) is 0. The summed E-state index contributed by atoms with van der Waals surface area (Å²) in [5, 5.41) is 4.22. The standard InChI is InChI=1S/C23H18N2O5/c1-25-17(9-10-24-25)16-12-20(26)29-18-8-7-15-22(27)19(30-23(15)21(16)18)11-13-3-5-14(28-2)6-4-13/h3-11,16H,12H2,1-2H3/b19-11-/t16-/m0/s1. The summed E-state index contributed by atoms with van der Waals surface area (Å²) >= 11 is 0. The number of benzene rings is 2. The Kier molecular flexibility index (Phi) is 4.17. The van der Waals surface area contributed by atoms with Gasteiger partial charge in [-0.1, -0.05) is 12.1 Å². The molecule has 0 radical (unpaired) electrons. The van der Waals surface area contributed by atoms with Crippen LogP contribution in [0.1, 0.15) is 39.5 Å². The third-order valence-electron chi connectivity index (χ3n) is 5.41. The molecule has 0 N–H and O–H groups in total. The number of ketones is 1. The van der Waals surface area contributed by atoms with Gasteiger partial charge < -0.3 is 14.2 Å². The summed E-state index contributed by atoms with van der Waals surface area (Å²) in [5.74, 6) is 0.969. The van der Waals surface area contributed by atoms with Gasteiger partial charge in [0.05, 0.1) is 19.1 Å². The van der Waals surface area contributed by atoms with Gasteiger partial charge in [0.1, 0.15) is 17.2 Å². The van der Waals surface area contributed by atoms with Crippen LogP contribution in [0.5, 0.6) is 17.2 Å². The van der Waals surface area contributed by atoms with E-state index in [0.717, 1.165) is 17.0 Å². The topological polar surface area (TPSA) is 79.7 Å². The molecule has 3 aromatic rings. The lowest BCUT2D eigenvalue weighted by atomic mass is 9.87. The SMILES string of the molecule is COc1ccc(/C=C2\Oc3c(ccc4c3[C@H](c3ccnn3C)CC(=O)O4)C2=O)cc1. The molecule has 0 bridgehead atoms. The summed E-state index contributed by atoms with van der Waals surface area (Å²) in [7, 11) is 3.42. The number of esters is 1. The normalized spacial score (nSPS) is 18.6. The molecule has 30 heavy (non-hydrogen) atoms. The minimum absolute atomic E-state index is 0.151. The van der Waals surface area contributed by atoms with Gasteiger partial charge in [0.15, 0.2) is 5.76 Å². The third-order valence-corrected chi connectivity index (χ3v) is 5.41. The molecule has 150 valence electrons. The minimum Gasteiger partial charge on any atom is -0.497 e. The molecule has 7 heteroatoms. The number of fused-ring (bicyclic) bond motifs is 3. The number of rotatable bonds is 3. The predicted octanol–water partition coefficient (Wildman–Crippen LogP) is 3.49. The second-order valence-corrected chi connectivity index (χ2v) is 7.18. The van der Waals surface area contributed by atoms with Crippen LogP contribution in [0.3, 0.4) is 0 Å². The largest absolute Gasteiger partial charge is 0.497 e. The molecule has 0 saturated heterocycles. The minimum atomic E-state index is -0.327. The van der Waals surface area contributed by atoms with Gasteiger partial charge >= 0.3 is 5.97 Å². The van der Waals surface area contributed by atoms with Crippen molar-refractivity contribution in [3.05, 3.63) is 76.8 Å². The Hall–Kier alpha value is -3.87. The van der Waals surface area contributed by atoms with Crippen LogP contribution < -0.4 is 14.2 Å². The average molecular weight is 402 g/mol. The Morgan fingerprint density at radius 1 is 1.10 bits per heavy atom.